The van der Waals surface area contributed by atoms with E-state index in [2.05, 4.69) is 20.3 Å². The largest absolute Gasteiger partial charge is 0.435 e. The van der Waals surface area contributed by atoms with Crippen LogP contribution in [0.4, 0.5) is 0 Å². The van der Waals surface area contributed by atoms with E-state index < -0.39 is 0 Å². The second-order valence-corrected chi connectivity index (χ2v) is 5.61. The second kappa shape index (κ2) is 7.70. The Morgan fingerprint density at radius 2 is 1.96 bits per heavy atom. The van der Waals surface area contributed by atoms with Crippen LogP contribution in [0.2, 0.25) is 0 Å². The predicted octanol–water partition coefficient (Wildman–Crippen LogP) is 2.97. The molecule has 0 spiro atoms. The molecular formula is C19H20N4O2. The number of nitrogens with zero attached hydrogens (tertiary/aromatic N) is 3. The zero-order valence-corrected chi connectivity index (χ0v) is 14.3. The summed E-state index contributed by atoms with van der Waals surface area (Å²) in [6, 6.07) is 11.8. The van der Waals surface area contributed by atoms with Gasteiger partial charge in [0.25, 0.3) is 5.91 Å². The molecule has 0 saturated heterocycles. The van der Waals surface area contributed by atoms with Crippen molar-refractivity contribution >= 4 is 5.91 Å². The topological polar surface area (TPSA) is 80.9 Å². The van der Waals surface area contributed by atoms with Crippen LogP contribution in [0, 0.1) is 6.92 Å². The number of oxazole rings is 1. The lowest BCUT2D eigenvalue weighted by molar-refractivity contribution is 0.0923. The third kappa shape index (κ3) is 4.09. The standard InChI is InChI=1S/C19H20N4O2/c1-3-17-22-13(2)18(25-17)19(24)21-12-10-16-20-11-9-15(23-16)14-7-5-4-6-8-14/h4-9,11H,3,10,12H2,1-2H3,(H,21,24). The van der Waals surface area contributed by atoms with E-state index >= 15 is 0 Å². The molecule has 0 aliphatic heterocycles. The Morgan fingerprint density at radius 3 is 2.68 bits per heavy atom. The maximum absolute atomic E-state index is 12.2. The van der Waals surface area contributed by atoms with Crippen molar-refractivity contribution in [3.63, 3.8) is 0 Å². The minimum absolute atomic E-state index is 0.260. The molecule has 3 rings (SSSR count). The lowest BCUT2D eigenvalue weighted by Crippen LogP contribution is -2.26. The molecule has 1 amide bonds. The fraction of sp³-hybridized carbons (Fsp3) is 0.263. The Bertz CT molecular complexity index is 859. The van der Waals surface area contributed by atoms with E-state index in [1.807, 2.05) is 43.3 Å². The van der Waals surface area contributed by atoms with Crippen LogP contribution in [0.15, 0.2) is 47.0 Å². The van der Waals surface area contributed by atoms with Gasteiger partial charge >= 0.3 is 0 Å². The van der Waals surface area contributed by atoms with Crippen molar-refractivity contribution in [1.82, 2.24) is 20.3 Å². The van der Waals surface area contributed by atoms with Crippen LogP contribution >= 0.6 is 0 Å². The highest BCUT2D eigenvalue weighted by molar-refractivity contribution is 5.92. The van der Waals surface area contributed by atoms with Crippen LogP contribution < -0.4 is 5.32 Å². The molecule has 0 radical (unpaired) electrons. The van der Waals surface area contributed by atoms with Gasteiger partial charge in [-0.25, -0.2) is 15.0 Å². The number of hydrogen-bond donors (Lipinski definition) is 1. The summed E-state index contributed by atoms with van der Waals surface area (Å²) in [6.07, 6.45) is 2.94. The number of hydrogen-bond acceptors (Lipinski definition) is 5. The number of benzene rings is 1. The van der Waals surface area contributed by atoms with Gasteiger partial charge in [-0.15, -0.1) is 0 Å². The molecule has 128 valence electrons. The molecule has 0 unspecified atom stereocenters. The number of aromatic nitrogens is 3. The molecule has 0 aliphatic rings. The number of carbonyl (C=O) groups is 1. The van der Waals surface area contributed by atoms with Crippen LogP contribution in [-0.4, -0.2) is 27.4 Å². The van der Waals surface area contributed by atoms with Gasteiger partial charge in [-0.05, 0) is 13.0 Å². The normalized spacial score (nSPS) is 10.6. The minimum Gasteiger partial charge on any atom is -0.435 e. The lowest BCUT2D eigenvalue weighted by atomic mass is 10.1. The summed E-state index contributed by atoms with van der Waals surface area (Å²) in [7, 11) is 0. The number of amides is 1. The smallest absolute Gasteiger partial charge is 0.289 e. The molecule has 0 aliphatic carbocycles. The van der Waals surface area contributed by atoms with Crippen LogP contribution in [0.3, 0.4) is 0 Å². The Hall–Kier alpha value is -3.02. The van der Waals surface area contributed by atoms with Crippen molar-refractivity contribution in [2.45, 2.75) is 26.7 Å². The van der Waals surface area contributed by atoms with Crippen LogP contribution in [0.25, 0.3) is 11.3 Å². The van der Waals surface area contributed by atoms with Gasteiger partial charge in [-0.2, -0.15) is 0 Å². The third-order valence-corrected chi connectivity index (χ3v) is 3.76. The van der Waals surface area contributed by atoms with E-state index in [9.17, 15) is 4.79 Å². The molecule has 2 heterocycles. The number of carbonyl (C=O) groups excluding carboxylic acids is 1. The van der Waals surface area contributed by atoms with E-state index in [4.69, 9.17) is 4.42 Å². The summed E-state index contributed by atoms with van der Waals surface area (Å²) in [6.45, 7) is 4.13. The van der Waals surface area contributed by atoms with Gasteiger partial charge in [0.1, 0.15) is 5.82 Å². The van der Waals surface area contributed by atoms with Gasteiger partial charge in [0.05, 0.1) is 11.4 Å². The average molecular weight is 336 g/mol. The van der Waals surface area contributed by atoms with Crippen LogP contribution in [0.1, 0.15) is 34.9 Å². The Morgan fingerprint density at radius 1 is 1.16 bits per heavy atom. The number of rotatable bonds is 6. The first-order valence-electron chi connectivity index (χ1n) is 8.29. The summed E-state index contributed by atoms with van der Waals surface area (Å²) >= 11 is 0. The molecule has 6 nitrogen and oxygen atoms in total. The quantitative estimate of drug-likeness (QED) is 0.748. The molecule has 1 N–H and O–H groups in total. The van der Waals surface area contributed by atoms with Crippen LogP contribution in [-0.2, 0) is 12.8 Å². The highest BCUT2D eigenvalue weighted by Crippen LogP contribution is 2.15. The predicted molar refractivity (Wildman–Crippen MR) is 94.1 cm³/mol. The molecule has 0 fully saturated rings. The van der Waals surface area contributed by atoms with E-state index in [0.29, 0.717) is 36.8 Å². The van der Waals surface area contributed by atoms with Crippen molar-refractivity contribution in [1.29, 1.82) is 0 Å². The van der Waals surface area contributed by atoms with E-state index in [0.717, 1.165) is 11.3 Å². The third-order valence-electron chi connectivity index (χ3n) is 3.76. The Balaban J connectivity index is 1.60. The maximum atomic E-state index is 12.2. The lowest BCUT2D eigenvalue weighted by Gasteiger charge is -2.05. The van der Waals surface area contributed by atoms with Crippen molar-refractivity contribution in [2.75, 3.05) is 6.54 Å². The maximum Gasteiger partial charge on any atom is 0.289 e. The van der Waals surface area contributed by atoms with Gasteiger partial charge in [-0.1, -0.05) is 37.3 Å². The van der Waals surface area contributed by atoms with Gasteiger partial charge in [-0.3, -0.25) is 4.79 Å². The fourth-order valence-electron chi connectivity index (χ4n) is 2.47. The first kappa shape index (κ1) is 16.8. The monoisotopic (exact) mass is 336 g/mol. The highest BCUT2D eigenvalue weighted by atomic mass is 16.4. The minimum atomic E-state index is -0.260. The summed E-state index contributed by atoms with van der Waals surface area (Å²) in [4.78, 5) is 25.2. The van der Waals surface area contributed by atoms with Crippen molar-refractivity contribution in [3.05, 3.63) is 65.8 Å². The van der Waals surface area contributed by atoms with Crippen molar-refractivity contribution in [3.8, 4) is 11.3 Å². The van der Waals surface area contributed by atoms with Crippen molar-refractivity contribution < 1.29 is 9.21 Å². The number of aryl methyl sites for hydroxylation is 2. The molecule has 6 heteroatoms. The molecule has 3 aromatic rings. The van der Waals surface area contributed by atoms with Gasteiger partial charge in [0, 0.05) is 31.1 Å². The number of nitrogens with one attached hydrogen (secondary N) is 1. The summed E-state index contributed by atoms with van der Waals surface area (Å²) in [5.74, 6) is 1.27. The second-order valence-electron chi connectivity index (χ2n) is 5.61. The summed E-state index contributed by atoms with van der Waals surface area (Å²) < 4.78 is 5.45. The van der Waals surface area contributed by atoms with E-state index in [1.54, 1.807) is 13.1 Å². The molecular weight excluding hydrogens is 316 g/mol. The molecule has 0 bridgehead atoms. The average Bonchev–Trinajstić information content (AvgIpc) is 3.04. The molecule has 0 saturated carbocycles. The molecule has 25 heavy (non-hydrogen) atoms. The summed E-state index contributed by atoms with van der Waals surface area (Å²) in [5.41, 5.74) is 2.52. The van der Waals surface area contributed by atoms with Gasteiger partial charge in [0.2, 0.25) is 5.76 Å². The molecule has 0 atom stereocenters. The molecule has 2 aromatic heterocycles. The van der Waals surface area contributed by atoms with Gasteiger partial charge in [0.15, 0.2) is 5.89 Å². The first-order valence-corrected chi connectivity index (χ1v) is 8.29. The van der Waals surface area contributed by atoms with Gasteiger partial charge < -0.3 is 9.73 Å². The molecule has 1 aromatic carbocycles. The Kier molecular flexibility index (Phi) is 5.18. The van der Waals surface area contributed by atoms with Crippen molar-refractivity contribution in [2.24, 2.45) is 0 Å². The zero-order chi connectivity index (χ0) is 17.6. The Labute approximate surface area is 146 Å². The fourth-order valence-corrected chi connectivity index (χ4v) is 2.47. The SMILES string of the molecule is CCc1nc(C)c(C(=O)NCCc2nccc(-c3ccccc3)n2)o1. The van der Waals surface area contributed by atoms with E-state index in [1.165, 1.54) is 0 Å². The zero-order valence-electron chi connectivity index (χ0n) is 14.3. The van der Waals surface area contributed by atoms with E-state index in [-0.39, 0.29) is 11.7 Å². The van der Waals surface area contributed by atoms with Crippen LogP contribution in [0.5, 0.6) is 0 Å². The summed E-state index contributed by atoms with van der Waals surface area (Å²) in [5, 5.41) is 2.83. The first-order chi connectivity index (χ1) is 12.2. The highest BCUT2D eigenvalue weighted by Gasteiger charge is 2.16.